The van der Waals surface area contributed by atoms with Gasteiger partial charge in [0.05, 0.1) is 0 Å². The SMILES string of the molecule is O[P+]1(c2ccccc2F)OCCO1. The minimum Gasteiger partial charge on any atom is -0.202 e. The molecule has 2 rings (SSSR count). The number of halogens is 1. The van der Waals surface area contributed by atoms with Crippen molar-refractivity contribution in [1.29, 1.82) is 0 Å². The molecule has 1 heterocycles. The van der Waals surface area contributed by atoms with Crippen molar-refractivity contribution in [3.8, 4) is 0 Å². The van der Waals surface area contributed by atoms with Crippen LogP contribution < -0.4 is 5.30 Å². The predicted molar refractivity (Wildman–Crippen MR) is 47.1 cm³/mol. The molecule has 5 heteroatoms. The van der Waals surface area contributed by atoms with Crippen LogP contribution in [-0.2, 0) is 9.05 Å². The van der Waals surface area contributed by atoms with Crippen molar-refractivity contribution in [3.05, 3.63) is 30.1 Å². The van der Waals surface area contributed by atoms with Crippen molar-refractivity contribution in [2.45, 2.75) is 0 Å². The zero-order valence-corrected chi connectivity index (χ0v) is 7.71. The Morgan fingerprint density at radius 2 is 1.85 bits per heavy atom. The minimum absolute atomic E-state index is 0.132. The van der Waals surface area contributed by atoms with Crippen molar-refractivity contribution in [2.75, 3.05) is 13.2 Å². The molecular weight excluding hydrogens is 194 g/mol. The molecule has 1 saturated heterocycles. The summed E-state index contributed by atoms with van der Waals surface area (Å²) in [6.07, 6.45) is 0. The molecule has 3 nitrogen and oxygen atoms in total. The van der Waals surface area contributed by atoms with E-state index in [4.69, 9.17) is 9.05 Å². The number of rotatable bonds is 1. The monoisotopic (exact) mass is 203 g/mol. The van der Waals surface area contributed by atoms with Crippen molar-refractivity contribution >= 4 is 13.2 Å². The highest BCUT2D eigenvalue weighted by Crippen LogP contribution is 2.58. The van der Waals surface area contributed by atoms with Gasteiger partial charge in [-0.2, -0.15) is 13.9 Å². The van der Waals surface area contributed by atoms with Crippen LogP contribution in [-0.4, -0.2) is 18.1 Å². The van der Waals surface area contributed by atoms with Crippen LogP contribution in [0.15, 0.2) is 24.3 Å². The topological polar surface area (TPSA) is 38.7 Å². The zero-order chi connectivity index (χ0) is 9.31. The summed E-state index contributed by atoms with van der Waals surface area (Å²) in [5.41, 5.74) is 0. The van der Waals surface area contributed by atoms with E-state index in [1.165, 1.54) is 12.1 Å². The van der Waals surface area contributed by atoms with Gasteiger partial charge in [0.15, 0.2) is 5.82 Å². The van der Waals surface area contributed by atoms with Crippen LogP contribution >= 0.6 is 7.94 Å². The molecule has 0 bridgehead atoms. The number of hydrogen-bond donors (Lipinski definition) is 1. The van der Waals surface area contributed by atoms with E-state index in [2.05, 4.69) is 0 Å². The Bertz CT molecular complexity index is 312. The molecule has 0 saturated carbocycles. The fourth-order valence-electron chi connectivity index (χ4n) is 1.18. The summed E-state index contributed by atoms with van der Waals surface area (Å²) in [4.78, 5) is 9.77. The fourth-order valence-corrected chi connectivity index (χ4v) is 2.79. The maximum atomic E-state index is 13.2. The number of hydrogen-bond acceptors (Lipinski definition) is 3. The summed E-state index contributed by atoms with van der Waals surface area (Å²) < 4.78 is 23.2. The molecule has 0 aromatic heterocycles. The Labute approximate surface area is 75.7 Å². The Kier molecular flexibility index (Phi) is 2.30. The largest absolute Gasteiger partial charge is 0.449 e. The molecule has 13 heavy (non-hydrogen) atoms. The minimum atomic E-state index is -3.09. The lowest BCUT2D eigenvalue weighted by atomic mass is 10.3. The van der Waals surface area contributed by atoms with Crippen molar-refractivity contribution in [2.24, 2.45) is 0 Å². The molecule has 0 aliphatic carbocycles. The lowest BCUT2D eigenvalue weighted by Gasteiger charge is -2.08. The van der Waals surface area contributed by atoms with Gasteiger partial charge in [-0.15, -0.1) is 0 Å². The Morgan fingerprint density at radius 3 is 2.46 bits per heavy atom. The van der Waals surface area contributed by atoms with Crippen LogP contribution in [0.2, 0.25) is 0 Å². The first kappa shape index (κ1) is 9.03. The highest BCUT2D eigenvalue weighted by molar-refractivity contribution is 7.68. The van der Waals surface area contributed by atoms with E-state index >= 15 is 0 Å². The molecule has 0 atom stereocenters. The first-order valence-electron chi connectivity index (χ1n) is 3.88. The Morgan fingerprint density at radius 1 is 1.23 bits per heavy atom. The third-order valence-electron chi connectivity index (χ3n) is 1.77. The van der Waals surface area contributed by atoms with Crippen LogP contribution in [0.4, 0.5) is 4.39 Å². The van der Waals surface area contributed by atoms with E-state index in [0.29, 0.717) is 13.2 Å². The lowest BCUT2D eigenvalue weighted by Crippen LogP contribution is -2.14. The van der Waals surface area contributed by atoms with Gasteiger partial charge in [0.25, 0.3) is 0 Å². The predicted octanol–water partition coefficient (Wildman–Crippen LogP) is 1.25. The normalized spacial score (nSPS) is 20.5. The van der Waals surface area contributed by atoms with E-state index in [9.17, 15) is 9.28 Å². The van der Waals surface area contributed by atoms with Gasteiger partial charge in [0.1, 0.15) is 13.2 Å². The lowest BCUT2D eigenvalue weighted by molar-refractivity contribution is 0.326. The fraction of sp³-hybridized carbons (Fsp3) is 0.250. The standard InChI is InChI=1S/C8H9FO3P/c9-7-3-1-2-4-8(7)13(10)11-5-6-12-13/h1-4,10H,5-6H2/q+1. The highest BCUT2D eigenvalue weighted by atomic mass is 31.2. The van der Waals surface area contributed by atoms with Crippen LogP contribution in [0, 0.1) is 5.82 Å². The zero-order valence-electron chi connectivity index (χ0n) is 6.81. The summed E-state index contributed by atoms with van der Waals surface area (Å²) in [7, 11) is -3.09. The number of benzene rings is 1. The second-order valence-corrected chi connectivity index (χ2v) is 4.68. The summed E-state index contributed by atoms with van der Waals surface area (Å²) >= 11 is 0. The second kappa shape index (κ2) is 3.31. The second-order valence-electron chi connectivity index (χ2n) is 2.64. The molecule has 0 unspecified atom stereocenters. The summed E-state index contributed by atoms with van der Waals surface area (Å²) in [5, 5.41) is 0.132. The van der Waals surface area contributed by atoms with Gasteiger partial charge >= 0.3 is 7.94 Å². The Hall–Kier alpha value is -0.540. The van der Waals surface area contributed by atoms with Gasteiger partial charge in [-0.25, -0.2) is 4.39 Å². The van der Waals surface area contributed by atoms with E-state index < -0.39 is 13.8 Å². The van der Waals surface area contributed by atoms with Gasteiger partial charge in [0.2, 0.25) is 5.30 Å². The van der Waals surface area contributed by atoms with E-state index in [1.54, 1.807) is 12.1 Å². The van der Waals surface area contributed by atoms with E-state index in [0.717, 1.165) is 0 Å². The summed E-state index contributed by atoms with van der Waals surface area (Å²) in [5.74, 6) is -0.486. The van der Waals surface area contributed by atoms with Crippen LogP contribution in [0.25, 0.3) is 0 Å². The van der Waals surface area contributed by atoms with Crippen LogP contribution in [0.3, 0.4) is 0 Å². The van der Waals surface area contributed by atoms with Crippen LogP contribution in [0.1, 0.15) is 0 Å². The first-order chi connectivity index (χ1) is 6.22. The quantitative estimate of drug-likeness (QED) is 0.698. The van der Waals surface area contributed by atoms with Crippen molar-refractivity contribution < 1.29 is 18.3 Å². The molecule has 0 radical (unpaired) electrons. The van der Waals surface area contributed by atoms with Gasteiger partial charge in [0, 0.05) is 0 Å². The molecular formula is C8H9FO3P+. The molecule has 1 N–H and O–H groups in total. The van der Waals surface area contributed by atoms with Crippen LogP contribution in [0.5, 0.6) is 0 Å². The third kappa shape index (κ3) is 1.58. The van der Waals surface area contributed by atoms with Gasteiger partial charge in [-0.3, -0.25) is 0 Å². The maximum absolute atomic E-state index is 13.2. The van der Waals surface area contributed by atoms with E-state index in [-0.39, 0.29) is 5.30 Å². The van der Waals surface area contributed by atoms with Gasteiger partial charge in [-0.1, -0.05) is 12.1 Å². The van der Waals surface area contributed by atoms with Gasteiger partial charge < -0.3 is 0 Å². The van der Waals surface area contributed by atoms with E-state index in [1.807, 2.05) is 0 Å². The highest BCUT2D eigenvalue weighted by Gasteiger charge is 2.50. The molecule has 1 aromatic carbocycles. The first-order valence-corrected chi connectivity index (χ1v) is 5.46. The molecule has 70 valence electrons. The third-order valence-corrected chi connectivity index (χ3v) is 3.81. The molecule has 0 amide bonds. The van der Waals surface area contributed by atoms with Gasteiger partial charge in [-0.05, 0) is 12.1 Å². The molecule has 1 aliphatic rings. The Balaban J connectivity index is 2.39. The average Bonchev–Trinajstić information content (AvgIpc) is 2.54. The van der Waals surface area contributed by atoms with Crippen molar-refractivity contribution in [1.82, 2.24) is 0 Å². The molecule has 0 spiro atoms. The van der Waals surface area contributed by atoms with Crippen molar-refractivity contribution in [3.63, 3.8) is 0 Å². The summed E-state index contributed by atoms with van der Waals surface area (Å²) in [6.45, 7) is 0.636. The molecule has 1 aliphatic heterocycles. The molecule has 1 fully saturated rings. The molecule has 1 aromatic rings. The smallest absolute Gasteiger partial charge is 0.202 e. The maximum Gasteiger partial charge on any atom is 0.449 e. The summed E-state index contributed by atoms with van der Waals surface area (Å²) in [6, 6.07) is 5.95. The average molecular weight is 203 g/mol.